The molecule has 0 rings (SSSR count). The van der Waals surface area contributed by atoms with E-state index in [1.165, 1.54) is 50.3 Å². The number of alkyl halides is 1. The van der Waals surface area contributed by atoms with Gasteiger partial charge in [-0.1, -0.05) is 68.3 Å². The normalized spacial score (nSPS) is 13.2. The van der Waals surface area contributed by atoms with Crippen molar-refractivity contribution in [3.05, 3.63) is 0 Å². The fraction of sp³-hybridized carbons (Fsp3) is 1.00. The standard InChI is InChI=1S/C11H23Br/c1-3-4-5-6-7-8-11(2)9-10-12/h11H,3-10H2,1-2H3. The van der Waals surface area contributed by atoms with Crippen molar-refractivity contribution in [2.75, 3.05) is 5.33 Å². The van der Waals surface area contributed by atoms with Crippen molar-refractivity contribution >= 4 is 15.9 Å². The summed E-state index contributed by atoms with van der Waals surface area (Å²) in [5, 5.41) is 1.17. The maximum absolute atomic E-state index is 3.48. The van der Waals surface area contributed by atoms with E-state index in [-0.39, 0.29) is 0 Å². The highest BCUT2D eigenvalue weighted by atomic mass is 79.9. The van der Waals surface area contributed by atoms with Crippen molar-refractivity contribution in [1.82, 2.24) is 0 Å². The molecule has 0 aromatic heterocycles. The van der Waals surface area contributed by atoms with Gasteiger partial charge in [0.1, 0.15) is 0 Å². The molecule has 12 heavy (non-hydrogen) atoms. The first kappa shape index (κ1) is 12.5. The Morgan fingerprint density at radius 3 is 2.25 bits per heavy atom. The first-order valence-electron chi connectivity index (χ1n) is 5.37. The molecular weight excluding hydrogens is 212 g/mol. The van der Waals surface area contributed by atoms with E-state index in [1.54, 1.807) is 0 Å². The summed E-state index contributed by atoms with van der Waals surface area (Å²) < 4.78 is 0. The predicted molar refractivity (Wildman–Crippen MR) is 61.0 cm³/mol. The van der Waals surface area contributed by atoms with E-state index in [9.17, 15) is 0 Å². The van der Waals surface area contributed by atoms with Crippen molar-refractivity contribution in [3.8, 4) is 0 Å². The Hall–Kier alpha value is 0.480. The van der Waals surface area contributed by atoms with Crippen molar-refractivity contribution < 1.29 is 0 Å². The molecule has 1 unspecified atom stereocenters. The van der Waals surface area contributed by atoms with Crippen LogP contribution in [0.15, 0.2) is 0 Å². The van der Waals surface area contributed by atoms with Gasteiger partial charge >= 0.3 is 0 Å². The van der Waals surface area contributed by atoms with Gasteiger partial charge in [-0.2, -0.15) is 0 Å². The largest absolute Gasteiger partial charge is 0.0928 e. The third-order valence-corrected chi connectivity index (χ3v) is 2.86. The van der Waals surface area contributed by atoms with E-state index in [0.717, 1.165) is 5.92 Å². The number of halogens is 1. The number of unbranched alkanes of at least 4 members (excludes halogenated alkanes) is 4. The van der Waals surface area contributed by atoms with Gasteiger partial charge in [-0.05, 0) is 12.3 Å². The van der Waals surface area contributed by atoms with Crippen LogP contribution < -0.4 is 0 Å². The van der Waals surface area contributed by atoms with Crippen LogP contribution in [-0.2, 0) is 0 Å². The lowest BCUT2D eigenvalue weighted by Crippen LogP contribution is -1.94. The van der Waals surface area contributed by atoms with Crippen LogP contribution in [0.4, 0.5) is 0 Å². The molecule has 0 saturated carbocycles. The first-order chi connectivity index (χ1) is 5.81. The van der Waals surface area contributed by atoms with E-state index in [4.69, 9.17) is 0 Å². The summed E-state index contributed by atoms with van der Waals surface area (Å²) in [4.78, 5) is 0. The van der Waals surface area contributed by atoms with E-state index in [2.05, 4.69) is 29.8 Å². The van der Waals surface area contributed by atoms with Crippen molar-refractivity contribution in [1.29, 1.82) is 0 Å². The number of hydrogen-bond acceptors (Lipinski definition) is 0. The number of hydrogen-bond donors (Lipinski definition) is 0. The maximum atomic E-state index is 3.48. The smallest absolute Gasteiger partial charge is 0.00338 e. The van der Waals surface area contributed by atoms with Crippen LogP contribution in [0, 0.1) is 5.92 Å². The zero-order valence-electron chi connectivity index (χ0n) is 8.61. The Morgan fingerprint density at radius 2 is 1.67 bits per heavy atom. The van der Waals surface area contributed by atoms with Gasteiger partial charge in [0.25, 0.3) is 0 Å². The van der Waals surface area contributed by atoms with Crippen LogP contribution in [0.3, 0.4) is 0 Å². The third-order valence-electron chi connectivity index (χ3n) is 2.40. The quantitative estimate of drug-likeness (QED) is 0.420. The Labute approximate surface area is 86.3 Å². The Bertz CT molecular complexity index is 81.1. The van der Waals surface area contributed by atoms with Gasteiger partial charge in [0, 0.05) is 5.33 Å². The minimum atomic E-state index is 0.922. The van der Waals surface area contributed by atoms with Crippen molar-refractivity contribution in [2.45, 2.75) is 58.8 Å². The predicted octanol–water partition coefficient (Wildman–Crippen LogP) is 4.77. The lowest BCUT2D eigenvalue weighted by molar-refractivity contribution is 0.477. The summed E-state index contributed by atoms with van der Waals surface area (Å²) in [6, 6.07) is 0. The molecule has 0 nitrogen and oxygen atoms in total. The summed E-state index contributed by atoms with van der Waals surface area (Å²) in [5.41, 5.74) is 0. The zero-order valence-corrected chi connectivity index (χ0v) is 10.2. The van der Waals surface area contributed by atoms with Gasteiger partial charge in [0.05, 0.1) is 0 Å². The van der Waals surface area contributed by atoms with Crippen molar-refractivity contribution in [3.63, 3.8) is 0 Å². The summed E-state index contributed by atoms with van der Waals surface area (Å²) in [7, 11) is 0. The zero-order chi connectivity index (χ0) is 9.23. The Balaban J connectivity index is 2.97. The maximum Gasteiger partial charge on any atom is 0.00338 e. The van der Waals surface area contributed by atoms with Crippen molar-refractivity contribution in [2.24, 2.45) is 5.92 Å². The molecule has 74 valence electrons. The molecule has 0 amide bonds. The molecule has 0 radical (unpaired) electrons. The monoisotopic (exact) mass is 234 g/mol. The SMILES string of the molecule is CCCCCCCC(C)CCBr. The van der Waals surface area contributed by atoms with Crippen LogP contribution in [0.25, 0.3) is 0 Å². The molecule has 0 aliphatic rings. The van der Waals surface area contributed by atoms with E-state index in [1.807, 2.05) is 0 Å². The number of rotatable bonds is 8. The van der Waals surface area contributed by atoms with E-state index >= 15 is 0 Å². The van der Waals surface area contributed by atoms with Gasteiger partial charge in [-0.3, -0.25) is 0 Å². The topological polar surface area (TPSA) is 0 Å². The molecule has 1 atom stereocenters. The molecule has 0 fully saturated rings. The molecule has 0 aliphatic heterocycles. The molecule has 0 N–H and O–H groups in total. The molecule has 1 heteroatoms. The fourth-order valence-electron chi connectivity index (χ4n) is 1.43. The molecule has 0 aliphatic carbocycles. The third kappa shape index (κ3) is 8.58. The van der Waals surface area contributed by atoms with E-state index in [0.29, 0.717) is 0 Å². The van der Waals surface area contributed by atoms with Gasteiger partial charge in [0.15, 0.2) is 0 Å². The summed E-state index contributed by atoms with van der Waals surface area (Å²) in [6.07, 6.45) is 9.87. The van der Waals surface area contributed by atoms with Crippen LogP contribution in [-0.4, -0.2) is 5.33 Å². The highest BCUT2D eigenvalue weighted by Gasteiger charge is 1.99. The van der Waals surface area contributed by atoms with Gasteiger partial charge in [-0.15, -0.1) is 0 Å². The molecule has 0 bridgehead atoms. The molecule has 0 saturated heterocycles. The second kappa shape index (κ2) is 9.57. The van der Waals surface area contributed by atoms with E-state index < -0.39 is 0 Å². The van der Waals surface area contributed by atoms with Crippen LogP contribution in [0.5, 0.6) is 0 Å². The highest BCUT2D eigenvalue weighted by Crippen LogP contribution is 2.14. The van der Waals surface area contributed by atoms with Crippen LogP contribution >= 0.6 is 15.9 Å². The molecular formula is C11H23Br. The fourth-order valence-corrected chi connectivity index (χ4v) is 2.21. The lowest BCUT2D eigenvalue weighted by atomic mass is 10.0. The van der Waals surface area contributed by atoms with Crippen LogP contribution in [0.1, 0.15) is 58.8 Å². The minimum absolute atomic E-state index is 0.922. The molecule has 0 spiro atoms. The Kier molecular flexibility index (Phi) is 9.95. The molecule has 0 aromatic rings. The minimum Gasteiger partial charge on any atom is -0.0928 e. The van der Waals surface area contributed by atoms with Gasteiger partial charge < -0.3 is 0 Å². The van der Waals surface area contributed by atoms with Crippen LogP contribution in [0.2, 0.25) is 0 Å². The molecule has 0 aromatic carbocycles. The first-order valence-corrected chi connectivity index (χ1v) is 6.49. The lowest BCUT2D eigenvalue weighted by Gasteiger charge is -2.08. The summed E-state index contributed by atoms with van der Waals surface area (Å²) in [6.45, 7) is 4.63. The average molecular weight is 235 g/mol. The average Bonchev–Trinajstić information content (AvgIpc) is 2.05. The second-order valence-electron chi connectivity index (χ2n) is 3.79. The summed E-state index contributed by atoms with van der Waals surface area (Å²) >= 11 is 3.48. The van der Waals surface area contributed by atoms with Gasteiger partial charge in [0.2, 0.25) is 0 Å². The highest BCUT2D eigenvalue weighted by molar-refractivity contribution is 9.09. The second-order valence-corrected chi connectivity index (χ2v) is 4.58. The Morgan fingerprint density at radius 1 is 1.00 bits per heavy atom. The molecule has 0 heterocycles. The summed E-state index contributed by atoms with van der Waals surface area (Å²) in [5.74, 6) is 0.922. The van der Waals surface area contributed by atoms with Gasteiger partial charge in [-0.25, -0.2) is 0 Å².